The first-order valence-corrected chi connectivity index (χ1v) is 7.44. The molecule has 0 aliphatic rings. The number of hydrogen-bond acceptors (Lipinski definition) is 5. The molecule has 0 aliphatic carbocycles. The van der Waals surface area contributed by atoms with E-state index in [1.54, 1.807) is 0 Å². The number of aryl methyl sites for hydroxylation is 1. The van der Waals surface area contributed by atoms with Gasteiger partial charge in [-0.3, -0.25) is 0 Å². The lowest BCUT2D eigenvalue weighted by Crippen LogP contribution is -2.07. The second-order valence-corrected chi connectivity index (χ2v) is 5.46. The second-order valence-electron chi connectivity index (χ2n) is 4.27. The fourth-order valence-electron chi connectivity index (χ4n) is 1.52. The van der Waals surface area contributed by atoms with Gasteiger partial charge in [-0.2, -0.15) is 15.0 Å². The fourth-order valence-corrected chi connectivity index (χ4v) is 2.06. The molecule has 20 heavy (non-hydrogen) atoms. The summed E-state index contributed by atoms with van der Waals surface area (Å²) in [5.41, 5.74) is 2.04. The highest BCUT2D eigenvalue weighted by Gasteiger charge is 2.05. The summed E-state index contributed by atoms with van der Waals surface area (Å²) in [6, 6.07) is 5.93. The van der Waals surface area contributed by atoms with Gasteiger partial charge in [0.05, 0.1) is 0 Å². The highest BCUT2D eigenvalue weighted by atomic mass is 79.9. The van der Waals surface area contributed by atoms with Crippen LogP contribution in [0, 0.1) is 6.92 Å². The van der Waals surface area contributed by atoms with Crippen molar-refractivity contribution < 1.29 is 0 Å². The minimum Gasteiger partial charge on any atom is -0.354 e. The van der Waals surface area contributed by atoms with E-state index in [2.05, 4.69) is 48.4 Å². The molecular weight excluding hydrogens is 342 g/mol. The van der Waals surface area contributed by atoms with Crippen molar-refractivity contribution in [2.75, 3.05) is 17.2 Å². The molecule has 1 aromatic heterocycles. The Morgan fingerprint density at radius 2 is 1.95 bits per heavy atom. The van der Waals surface area contributed by atoms with Crippen LogP contribution in [0.4, 0.5) is 17.6 Å². The number of hydrogen-bond donors (Lipinski definition) is 2. The van der Waals surface area contributed by atoms with Gasteiger partial charge in [0.1, 0.15) is 0 Å². The Balaban J connectivity index is 2.19. The van der Waals surface area contributed by atoms with Crippen molar-refractivity contribution in [2.24, 2.45) is 0 Å². The summed E-state index contributed by atoms with van der Waals surface area (Å²) in [5, 5.41) is 6.36. The number of benzene rings is 1. The summed E-state index contributed by atoms with van der Waals surface area (Å²) < 4.78 is 1.02. The van der Waals surface area contributed by atoms with Crippen LogP contribution in [0.25, 0.3) is 0 Å². The monoisotopic (exact) mass is 355 g/mol. The highest BCUT2D eigenvalue weighted by Crippen LogP contribution is 2.23. The molecule has 5 nitrogen and oxygen atoms in total. The van der Waals surface area contributed by atoms with Crippen molar-refractivity contribution in [3.63, 3.8) is 0 Å². The fraction of sp³-hybridized carbons (Fsp3) is 0.308. The van der Waals surface area contributed by atoms with E-state index in [9.17, 15) is 0 Å². The number of anilines is 3. The molecule has 0 atom stereocenters. The number of rotatable bonds is 5. The van der Waals surface area contributed by atoms with Gasteiger partial charge in [-0.25, -0.2) is 0 Å². The summed E-state index contributed by atoms with van der Waals surface area (Å²) >= 11 is 9.39. The summed E-state index contributed by atoms with van der Waals surface area (Å²) in [7, 11) is 0. The van der Waals surface area contributed by atoms with Crippen LogP contribution in [-0.4, -0.2) is 21.5 Å². The minimum absolute atomic E-state index is 0.160. The van der Waals surface area contributed by atoms with Crippen LogP contribution in [-0.2, 0) is 0 Å². The molecule has 0 spiro atoms. The lowest BCUT2D eigenvalue weighted by atomic mass is 10.2. The van der Waals surface area contributed by atoms with Crippen LogP contribution in [0.15, 0.2) is 22.7 Å². The van der Waals surface area contributed by atoms with Gasteiger partial charge >= 0.3 is 0 Å². The third-order valence-electron chi connectivity index (χ3n) is 2.57. The zero-order valence-corrected chi connectivity index (χ0v) is 13.6. The zero-order valence-electron chi connectivity index (χ0n) is 11.2. The SMILES string of the molecule is CCCNc1nc(Cl)nc(Nc2ccc(C)c(Br)c2)n1. The van der Waals surface area contributed by atoms with E-state index in [0.29, 0.717) is 11.9 Å². The normalized spacial score (nSPS) is 10.4. The Morgan fingerprint density at radius 3 is 2.65 bits per heavy atom. The van der Waals surface area contributed by atoms with Crippen molar-refractivity contribution >= 4 is 45.1 Å². The van der Waals surface area contributed by atoms with Crippen LogP contribution in [0.1, 0.15) is 18.9 Å². The van der Waals surface area contributed by atoms with E-state index in [1.807, 2.05) is 25.1 Å². The molecule has 0 aliphatic heterocycles. The maximum absolute atomic E-state index is 5.90. The van der Waals surface area contributed by atoms with E-state index in [1.165, 1.54) is 0 Å². The minimum atomic E-state index is 0.160. The first-order valence-electron chi connectivity index (χ1n) is 6.27. The molecule has 106 valence electrons. The predicted octanol–water partition coefficient (Wildman–Crippen LogP) is 4.16. The van der Waals surface area contributed by atoms with Crippen molar-refractivity contribution in [2.45, 2.75) is 20.3 Å². The molecule has 1 heterocycles. The van der Waals surface area contributed by atoms with E-state index in [-0.39, 0.29) is 5.28 Å². The van der Waals surface area contributed by atoms with Gasteiger partial charge in [-0.15, -0.1) is 0 Å². The second kappa shape index (κ2) is 6.85. The Bertz CT molecular complexity index is 605. The molecule has 0 unspecified atom stereocenters. The first-order chi connectivity index (χ1) is 9.58. The van der Waals surface area contributed by atoms with Gasteiger partial charge in [-0.1, -0.05) is 28.9 Å². The molecule has 0 saturated heterocycles. The Morgan fingerprint density at radius 1 is 1.20 bits per heavy atom. The van der Waals surface area contributed by atoms with Crippen molar-refractivity contribution in [3.05, 3.63) is 33.5 Å². The van der Waals surface area contributed by atoms with Gasteiger partial charge < -0.3 is 10.6 Å². The third kappa shape index (κ3) is 4.05. The van der Waals surface area contributed by atoms with Gasteiger partial charge in [0.25, 0.3) is 0 Å². The smallest absolute Gasteiger partial charge is 0.233 e. The Labute approximate surface area is 131 Å². The molecule has 0 amide bonds. The summed E-state index contributed by atoms with van der Waals surface area (Å²) in [6.45, 7) is 4.88. The maximum atomic E-state index is 5.90. The van der Waals surface area contributed by atoms with E-state index in [4.69, 9.17) is 11.6 Å². The predicted molar refractivity (Wildman–Crippen MR) is 85.8 cm³/mol. The standard InChI is InChI=1S/C13H15BrClN5/c1-3-6-16-12-18-11(15)19-13(20-12)17-9-5-4-8(2)10(14)7-9/h4-5,7H,3,6H2,1-2H3,(H2,16,17,18,19,20). The van der Waals surface area contributed by atoms with E-state index < -0.39 is 0 Å². The lowest BCUT2D eigenvalue weighted by molar-refractivity contribution is 0.940. The number of halogens is 2. The number of nitrogens with zero attached hydrogens (tertiary/aromatic N) is 3. The summed E-state index contributed by atoms with van der Waals surface area (Å²) in [5.74, 6) is 0.889. The Hall–Kier alpha value is -1.40. The van der Waals surface area contributed by atoms with Gasteiger partial charge in [0.15, 0.2) is 0 Å². The molecular formula is C13H15BrClN5. The van der Waals surface area contributed by atoms with Crippen LogP contribution in [0.5, 0.6) is 0 Å². The summed E-state index contributed by atoms with van der Waals surface area (Å²) in [6.07, 6.45) is 0.983. The first kappa shape index (κ1) is 15.0. The molecule has 0 radical (unpaired) electrons. The summed E-state index contributed by atoms with van der Waals surface area (Å²) in [4.78, 5) is 12.4. The topological polar surface area (TPSA) is 62.7 Å². The van der Waals surface area contributed by atoms with Crippen LogP contribution in [0.3, 0.4) is 0 Å². The molecule has 0 fully saturated rings. The van der Waals surface area contributed by atoms with Crippen molar-refractivity contribution in [1.29, 1.82) is 0 Å². The highest BCUT2D eigenvalue weighted by molar-refractivity contribution is 9.10. The molecule has 2 rings (SSSR count). The van der Waals surface area contributed by atoms with E-state index in [0.717, 1.165) is 28.7 Å². The van der Waals surface area contributed by atoms with Crippen LogP contribution in [0.2, 0.25) is 5.28 Å². The van der Waals surface area contributed by atoms with Gasteiger partial charge in [0.2, 0.25) is 17.2 Å². The van der Waals surface area contributed by atoms with Crippen molar-refractivity contribution in [1.82, 2.24) is 15.0 Å². The van der Waals surface area contributed by atoms with Crippen molar-refractivity contribution in [3.8, 4) is 0 Å². The van der Waals surface area contributed by atoms with Crippen LogP contribution >= 0.6 is 27.5 Å². The average Bonchev–Trinajstić information content (AvgIpc) is 2.40. The van der Waals surface area contributed by atoms with Gasteiger partial charge in [-0.05, 0) is 42.6 Å². The zero-order chi connectivity index (χ0) is 14.5. The maximum Gasteiger partial charge on any atom is 0.233 e. The van der Waals surface area contributed by atoms with Crippen LogP contribution < -0.4 is 10.6 Å². The third-order valence-corrected chi connectivity index (χ3v) is 3.59. The van der Waals surface area contributed by atoms with E-state index >= 15 is 0 Å². The Kier molecular flexibility index (Phi) is 5.14. The molecule has 1 aromatic carbocycles. The molecule has 2 N–H and O–H groups in total. The largest absolute Gasteiger partial charge is 0.354 e. The molecule has 7 heteroatoms. The lowest BCUT2D eigenvalue weighted by Gasteiger charge is -2.08. The number of aromatic nitrogens is 3. The van der Waals surface area contributed by atoms with Gasteiger partial charge in [0, 0.05) is 16.7 Å². The molecule has 2 aromatic rings. The molecule has 0 saturated carbocycles. The number of nitrogens with one attached hydrogen (secondary N) is 2. The quantitative estimate of drug-likeness (QED) is 0.842. The average molecular weight is 357 g/mol. The molecule has 0 bridgehead atoms.